The summed E-state index contributed by atoms with van der Waals surface area (Å²) in [5.41, 5.74) is 0.922. The molecule has 0 fully saturated rings. The van der Waals surface area contributed by atoms with Crippen molar-refractivity contribution in [3.05, 3.63) is 41.8 Å². The van der Waals surface area contributed by atoms with Crippen LogP contribution < -0.4 is 10.1 Å². The number of nitrogens with one attached hydrogen (secondary N) is 1. The summed E-state index contributed by atoms with van der Waals surface area (Å²) >= 11 is 0. The van der Waals surface area contributed by atoms with Gasteiger partial charge in [-0.25, -0.2) is 9.07 Å². The van der Waals surface area contributed by atoms with E-state index in [0.717, 1.165) is 13.0 Å². The second-order valence-corrected chi connectivity index (χ2v) is 4.25. The van der Waals surface area contributed by atoms with Crippen LogP contribution in [-0.2, 0) is 6.54 Å². The first-order chi connectivity index (χ1) is 9.24. The zero-order valence-corrected chi connectivity index (χ0v) is 10.1. The van der Waals surface area contributed by atoms with E-state index in [0.29, 0.717) is 23.7 Å². The smallest absolute Gasteiger partial charge is 0.262 e. The summed E-state index contributed by atoms with van der Waals surface area (Å²) in [4.78, 5) is 12.1. The third kappa shape index (κ3) is 2.29. The molecule has 0 saturated heterocycles. The Kier molecular flexibility index (Phi) is 2.91. The number of aryl methyl sites for hydroxylation is 1. The van der Waals surface area contributed by atoms with Crippen molar-refractivity contribution in [3.63, 3.8) is 0 Å². The predicted octanol–water partition coefficient (Wildman–Crippen LogP) is 2.06. The van der Waals surface area contributed by atoms with Gasteiger partial charge in [-0.05, 0) is 24.3 Å². The summed E-state index contributed by atoms with van der Waals surface area (Å²) in [5.74, 6) is -0.162. The number of hydrogen-bond acceptors (Lipinski definition) is 3. The molecule has 1 aliphatic rings. The second kappa shape index (κ2) is 4.72. The molecular formula is C13H12FN3O2. The van der Waals surface area contributed by atoms with Crippen molar-refractivity contribution in [2.24, 2.45) is 0 Å². The molecule has 1 N–H and O–H groups in total. The van der Waals surface area contributed by atoms with Crippen molar-refractivity contribution < 1.29 is 13.9 Å². The Labute approximate surface area is 109 Å². The highest BCUT2D eigenvalue weighted by Crippen LogP contribution is 2.23. The maximum Gasteiger partial charge on any atom is 0.262 e. The quantitative estimate of drug-likeness (QED) is 0.900. The highest BCUT2D eigenvalue weighted by atomic mass is 19.1. The molecule has 3 rings (SSSR count). The van der Waals surface area contributed by atoms with Crippen LogP contribution in [0, 0.1) is 5.82 Å². The van der Waals surface area contributed by atoms with Gasteiger partial charge in [0.2, 0.25) is 5.88 Å². The Hall–Kier alpha value is -2.37. The lowest BCUT2D eigenvalue weighted by atomic mass is 10.2. The van der Waals surface area contributed by atoms with Gasteiger partial charge >= 0.3 is 0 Å². The van der Waals surface area contributed by atoms with Crippen molar-refractivity contribution >= 4 is 11.6 Å². The van der Waals surface area contributed by atoms with Gasteiger partial charge in [-0.3, -0.25) is 4.79 Å². The fraction of sp³-hybridized carbons (Fsp3) is 0.231. The Morgan fingerprint density at radius 1 is 1.37 bits per heavy atom. The Morgan fingerprint density at radius 3 is 2.95 bits per heavy atom. The molecule has 0 spiro atoms. The SMILES string of the molecule is O=C(Nc1ccc(F)cc1)c1cnn2c1OCCC2. The summed E-state index contributed by atoms with van der Waals surface area (Å²) in [6.07, 6.45) is 2.37. The number of fused-ring (bicyclic) bond motifs is 1. The number of halogens is 1. The maximum atomic E-state index is 12.8. The molecule has 0 bridgehead atoms. The number of anilines is 1. The number of benzene rings is 1. The van der Waals surface area contributed by atoms with Crippen molar-refractivity contribution in [1.29, 1.82) is 0 Å². The molecule has 6 heteroatoms. The summed E-state index contributed by atoms with van der Waals surface area (Å²) in [6.45, 7) is 1.34. The third-order valence-corrected chi connectivity index (χ3v) is 2.89. The van der Waals surface area contributed by atoms with Crippen LogP contribution in [0.5, 0.6) is 5.88 Å². The molecular weight excluding hydrogens is 249 g/mol. The van der Waals surface area contributed by atoms with Gasteiger partial charge in [0.15, 0.2) is 0 Å². The zero-order chi connectivity index (χ0) is 13.2. The van der Waals surface area contributed by atoms with Crippen LogP contribution in [0.15, 0.2) is 30.5 Å². The summed E-state index contributed by atoms with van der Waals surface area (Å²) in [6, 6.07) is 5.59. The van der Waals surface area contributed by atoms with E-state index in [1.807, 2.05) is 0 Å². The molecule has 1 aromatic carbocycles. The van der Waals surface area contributed by atoms with Crippen LogP contribution in [0.3, 0.4) is 0 Å². The van der Waals surface area contributed by atoms with Crippen molar-refractivity contribution in [2.75, 3.05) is 11.9 Å². The number of rotatable bonds is 2. The van der Waals surface area contributed by atoms with Crippen LogP contribution >= 0.6 is 0 Å². The van der Waals surface area contributed by atoms with Crippen molar-refractivity contribution in [3.8, 4) is 5.88 Å². The zero-order valence-electron chi connectivity index (χ0n) is 10.1. The summed E-state index contributed by atoms with van der Waals surface area (Å²) in [7, 11) is 0. The Morgan fingerprint density at radius 2 is 2.16 bits per heavy atom. The molecule has 1 aromatic heterocycles. The first-order valence-electron chi connectivity index (χ1n) is 5.99. The van der Waals surface area contributed by atoms with Crippen LogP contribution in [0.1, 0.15) is 16.8 Å². The Balaban J connectivity index is 1.80. The van der Waals surface area contributed by atoms with E-state index in [2.05, 4.69) is 10.4 Å². The molecule has 98 valence electrons. The second-order valence-electron chi connectivity index (χ2n) is 4.25. The normalized spacial score (nSPS) is 13.5. The number of ether oxygens (including phenoxy) is 1. The maximum absolute atomic E-state index is 12.8. The van der Waals surface area contributed by atoms with Crippen molar-refractivity contribution in [1.82, 2.24) is 9.78 Å². The largest absolute Gasteiger partial charge is 0.477 e. The number of carbonyl (C=O) groups excluding carboxylic acids is 1. The molecule has 0 atom stereocenters. The topological polar surface area (TPSA) is 56.2 Å². The van der Waals surface area contributed by atoms with Crippen LogP contribution in [0.2, 0.25) is 0 Å². The molecule has 2 aromatic rings. The van der Waals surface area contributed by atoms with Crippen LogP contribution in [-0.4, -0.2) is 22.3 Å². The molecule has 0 saturated carbocycles. The summed E-state index contributed by atoms with van der Waals surface area (Å²) in [5, 5.41) is 6.79. The van der Waals surface area contributed by atoms with Gasteiger partial charge in [-0.1, -0.05) is 0 Å². The highest BCUT2D eigenvalue weighted by molar-refractivity contribution is 6.05. The van der Waals surface area contributed by atoms with Crippen LogP contribution in [0.25, 0.3) is 0 Å². The lowest BCUT2D eigenvalue weighted by molar-refractivity contribution is 0.102. The van der Waals surface area contributed by atoms with E-state index < -0.39 is 0 Å². The average Bonchev–Trinajstić information content (AvgIpc) is 2.85. The number of carbonyl (C=O) groups is 1. The molecule has 19 heavy (non-hydrogen) atoms. The third-order valence-electron chi connectivity index (χ3n) is 2.89. The fourth-order valence-corrected chi connectivity index (χ4v) is 1.96. The van der Waals surface area contributed by atoms with Gasteiger partial charge in [0.05, 0.1) is 12.8 Å². The minimum Gasteiger partial charge on any atom is -0.477 e. The fourth-order valence-electron chi connectivity index (χ4n) is 1.96. The van der Waals surface area contributed by atoms with E-state index in [9.17, 15) is 9.18 Å². The van der Waals surface area contributed by atoms with E-state index in [-0.39, 0.29) is 11.7 Å². The van der Waals surface area contributed by atoms with E-state index >= 15 is 0 Å². The van der Waals surface area contributed by atoms with Gasteiger partial charge in [0.25, 0.3) is 5.91 Å². The van der Waals surface area contributed by atoms with Gasteiger partial charge in [-0.15, -0.1) is 0 Å². The summed E-state index contributed by atoms with van der Waals surface area (Å²) < 4.78 is 19.9. The van der Waals surface area contributed by atoms with E-state index in [1.54, 1.807) is 4.68 Å². The lowest BCUT2D eigenvalue weighted by Gasteiger charge is -2.15. The first-order valence-corrected chi connectivity index (χ1v) is 5.99. The van der Waals surface area contributed by atoms with E-state index in [1.165, 1.54) is 30.5 Å². The van der Waals surface area contributed by atoms with E-state index in [4.69, 9.17) is 4.74 Å². The predicted molar refractivity (Wildman–Crippen MR) is 66.7 cm³/mol. The number of amides is 1. The van der Waals surface area contributed by atoms with Gasteiger partial charge in [0, 0.05) is 18.7 Å². The number of nitrogens with zero attached hydrogens (tertiary/aromatic N) is 2. The molecule has 5 nitrogen and oxygen atoms in total. The number of aromatic nitrogens is 2. The first kappa shape index (κ1) is 11.7. The van der Waals surface area contributed by atoms with Gasteiger partial charge in [-0.2, -0.15) is 5.10 Å². The Bertz CT molecular complexity index is 607. The molecule has 0 unspecified atom stereocenters. The van der Waals surface area contributed by atoms with Crippen LogP contribution in [0.4, 0.5) is 10.1 Å². The monoisotopic (exact) mass is 261 g/mol. The molecule has 1 amide bonds. The highest BCUT2D eigenvalue weighted by Gasteiger charge is 2.21. The molecule has 0 aliphatic carbocycles. The minimum absolute atomic E-state index is 0.310. The lowest BCUT2D eigenvalue weighted by Crippen LogP contribution is -2.18. The molecule has 2 heterocycles. The average molecular weight is 261 g/mol. The molecule has 1 aliphatic heterocycles. The van der Waals surface area contributed by atoms with Gasteiger partial charge in [0.1, 0.15) is 11.4 Å². The standard InChI is InChI=1S/C13H12FN3O2/c14-9-2-4-10(5-3-9)16-12(18)11-8-15-17-6-1-7-19-13(11)17/h2-5,8H,1,6-7H2,(H,16,18). The molecule has 0 radical (unpaired) electrons. The number of hydrogen-bond donors (Lipinski definition) is 1. The van der Waals surface area contributed by atoms with Gasteiger partial charge < -0.3 is 10.1 Å². The minimum atomic E-state index is -0.343. The van der Waals surface area contributed by atoms with Crippen molar-refractivity contribution in [2.45, 2.75) is 13.0 Å².